The Morgan fingerprint density at radius 3 is 1.62 bits per heavy atom. The highest BCUT2D eigenvalue weighted by atomic mass is 15.3. The molecule has 0 saturated heterocycles. The van der Waals surface area contributed by atoms with E-state index in [1.54, 1.807) is 0 Å². The van der Waals surface area contributed by atoms with Gasteiger partial charge in [0.1, 0.15) is 0 Å². The van der Waals surface area contributed by atoms with E-state index >= 15 is 0 Å². The predicted molar refractivity (Wildman–Crippen MR) is 204 cm³/mol. The number of hydrogen-bond acceptors (Lipinski definition) is 4. The van der Waals surface area contributed by atoms with Crippen molar-refractivity contribution in [2.24, 2.45) is 0 Å². The van der Waals surface area contributed by atoms with Crippen LogP contribution in [0.15, 0.2) is 85.7 Å². The SMILES string of the molecule is CCc1nn(C(C)C)c(CC)c1Cc1cn(Cc2ccccc2)cn1.CCc1nn(C(C)C)c(CC)c1Cc1cncn1Cc1ccccc1. The van der Waals surface area contributed by atoms with Crippen LogP contribution in [0.25, 0.3) is 0 Å². The molecule has 6 aromatic rings. The number of imidazole rings is 2. The molecule has 8 nitrogen and oxygen atoms in total. The van der Waals surface area contributed by atoms with Crippen LogP contribution in [0, 0.1) is 0 Å². The molecule has 0 atom stereocenters. The van der Waals surface area contributed by atoms with Gasteiger partial charge in [-0.15, -0.1) is 0 Å². The number of benzene rings is 2. The standard InChI is InChI=1S/2C21H28N4/c1-5-20-19(21(6-2)25(23-20)16(3)4)12-18-13-22-15-24(18)14-17-10-8-7-9-11-17;1-5-20-19(21(6-2)25(23-20)16(3)4)12-18-14-24(15-22-18)13-17-10-8-7-9-11-17/h7-11,13,15-16H,5-6,12,14H2,1-4H3;7-11,14-16H,5-6,12-13H2,1-4H3. The molecule has 2 aromatic carbocycles. The fourth-order valence-electron chi connectivity index (χ4n) is 6.85. The van der Waals surface area contributed by atoms with Gasteiger partial charge in [0.05, 0.1) is 29.7 Å². The summed E-state index contributed by atoms with van der Waals surface area (Å²) in [6.45, 7) is 19.3. The molecular weight excluding hydrogens is 617 g/mol. The third-order valence-electron chi connectivity index (χ3n) is 9.33. The first-order chi connectivity index (χ1) is 24.3. The molecule has 264 valence electrons. The van der Waals surface area contributed by atoms with Crippen LogP contribution in [0.1, 0.15) is 124 Å². The normalized spacial score (nSPS) is 11.4. The molecule has 0 bridgehead atoms. The molecule has 50 heavy (non-hydrogen) atoms. The third-order valence-corrected chi connectivity index (χ3v) is 9.33. The monoisotopic (exact) mass is 672 g/mol. The Morgan fingerprint density at radius 2 is 1.12 bits per heavy atom. The number of nitrogens with zero attached hydrogens (tertiary/aromatic N) is 8. The van der Waals surface area contributed by atoms with Crippen LogP contribution in [0.5, 0.6) is 0 Å². The molecule has 0 amide bonds. The Hall–Kier alpha value is -4.72. The Bertz CT molecular complexity index is 1900. The minimum atomic E-state index is 0.392. The van der Waals surface area contributed by atoms with Crippen molar-refractivity contribution in [2.45, 2.75) is 119 Å². The van der Waals surface area contributed by atoms with Gasteiger partial charge in [-0.1, -0.05) is 88.4 Å². The van der Waals surface area contributed by atoms with Crippen LogP contribution < -0.4 is 0 Å². The van der Waals surface area contributed by atoms with Gasteiger partial charge in [0.15, 0.2) is 0 Å². The molecule has 0 aliphatic heterocycles. The molecule has 0 unspecified atom stereocenters. The first-order valence-corrected chi connectivity index (χ1v) is 18.5. The van der Waals surface area contributed by atoms with Crippen LogP contribution in [0.2, 0.25) is 0 Å². The van der Waals surface area contributed by atoms with E-state index in [1.807, 2.05) is 24.9 Å². The van der Waals surface area contributed by atoms with Crippen LogP contribution in [-0.2, 0) is 51.6 Å². The fraction of sp³-hybridized carbons (Fsp3) is 0.429. The molecule has 8 heteroatoms. The number of aromatic nitrogens is 8. The smallest absolute Gasteiger partial charge is 0.0952 e. The maximum absolute atomic E-state index is 4.88. The quantitative estimate of drug-likeness (QED) is 0.116. The van der Waals surface area contributed by atoms with Gasteiger partial charge < -0.3 is 9.13 Å². The highest BCUT2D eigenvalue weighted by Gasteiger charge is 2.20. The summed E-state index contributed by atoms with van der Waals surface area (Å²) in [5, 5.41) is 9.73. The minimum absolute atomic E-state index is 0.392. The van der Waals surface area contributed by atoms with E-state index in [2.05, 4.69) is 145 Å². The highest BCUT2D eigenvalue weighted by Crippen LogP contribution is 2.24. The summed E-state index contributed by atoms with van der Waals surface area (Å²) in [5.74, 6) is 0. The maximum atomic E-state index is 4.88. The summed E-state index contributed by atoms with van der Waals surface area (Å²) < 4.78 is 8.80. The van der Waals surface area contributed by atoms with Crippen LogP contribution in [0.3, 0.4) is 0 Å². The average molecular weight is 673 g/mol. The van der Waals surface area contributed by atoms with Crippen molar-refractivity contribution >= 4 is 0 Å². The van der Waals surface area contributed by atoms with Crippen molar-refractivity contribution in [1.29, 1.82) is 0 Å². The van der Waals surface area contributed by atoms with E-state index in [9.17, 15) is 0 Å². The van der Waals surface area contributed by atoms with Crippen molar-refractivity contribution in [3.8, 4) is 0 Å². The van der Waals surface area contributed by atoms with E-state index in [0.717, 1.165) is 57.3 Å². The van der Waals surface area contributed by atoms with Gasteiger partial charge in [-0.25, -0.2) is 9.97 Å². The molecule has 4 heterocycles. The zero-order valence-electron chi connectivity index (χ0n) is 31.5. The molecule has 4 aromatic heterocycles. The number of hydrogen-bond donors (Lipinski definition) is 0. The second kappa shape index (κ2) is 17.3. The topological polar surface area (TPSA) is 71.3 Å². The van der Waals surface area contributed by atoms with Crippen molar-refractivity contribution in [3.05, 3.63) is 142 Å². The molecular formula is C42H56N8. The average Bonchev–Trinajstić information content (AvgIpc) is 3.92. The Morgan fingerprint density at radius 1 is 0.600 bits per heavy atom. The second-order valence-corrected chi connectivity index (χ2v) is 13.6. The predicted octanol–water partition coefficient (Wildman–Crippen LogP) is 8.85. The van der Waals surface area contributed by atoms with Crippen LogP contribution in [0.4, 0.5) is 0 Å². The largest absolute Gasteiger partial charge is 0.333 e. The lowest BCUT2D eigenvalue weighted by molar-refractivity contribution is 0.506. The Balaban J connectivity index is 0.000000194. The molecule has 0 aliphatic rings. The van der Waals surface area contributed by atoms with Crippen molar-refractivity contribution < 1.29 is 0 Å². The highest BCUT2D eigenvalue weighted by molar-refractivity contribution is 5.33. The van der Waals surface area contributed by atoms with Gasteiger partial charge in [0.25, 0.3) is 0 Å². The summed E-state index contributed by atoms with van der Waals surface area (Å²) in [4.78, 5) is 9.04. The van der Waals surface area contributed by atoms with Gasteiger partial charge in [0, 0.05) is 78.6 Å². The molecule has 0 spiro atoms. The Kier molecular flexibility index (Phi) is 12.6. The summed E-state index contributed by atoms with van der Waals surface area (Å²) >= 11 is 0. The van der Waals surface area contributed by atoms with Crippen molar-refractivity contribution in [2.75, 3.05) is 0 Å². The van der Waals surface area contributed by atoms with Crippen molar-refractivity contribution in [1.82, 2.24) is 38.7 Å². The Labute approximate surface area is 299 Å². The van der Waals surface area contributed by atoms with Gasteiger partial charge in [0.2, 0.25) is 0 Å². The summed E-state index contributed by atoms with van der Waals surface area (Å²) in [6, 6.07) is 21.8. The van der Waals surface area contributed by atoms with E-state index in [1.165, 1.54) is 50.7 Å². The zero-order chi connectivity index (χ0) is 35.6. The number of aryl methyl sites for hydroxylation is 2. The summed E-state index contributed by atoms with van der Waals surface area (Å²) in [6.07, 6.45) is 13.7. The molecule has 0 fully saturated rings. The molecule has 0 saturated carbocycles. The lowest BCUT2D eigenvalue weighted by atomic mass is 10.0. The van der Waals surface area contributed by atoms with Crippen LogP contribution >= 0.6 is 0 Å². The summed E-state index contributed by atoms with van der Waals surface area (Å²) in [5.41, 5.74) is 12.8. The second-order valence-electron chi connectivity index (χ2n) is 13.6. The lowest BCUT2D eigenvalue weighted by Gasteiger charge is -2.12. The van der Waals surface area contributed by atoms with E-state index in [-0.39, 0.29) is 0 Å². The van der Waals surface area contributed by atoms with Gasteiger partial charge in [-0.05, 0) is 64.5 Å². The summed E-state index contributed by atoms with van der Waals surface area (Å²) in [7, 11) is 0. The third kappa shape index (κ3) is 8.70. The molecule has 0 aliphatic carbocycles. The van der Waals surface area contributed by atoms with E-state index in [4.69, 9.17) is 10.2 Å². The van der Waals surface area contributed by atoms with E-state index in [0.29, 0.717) is 12.1 Å². The molecule has 0 N–H and O–H groups in total. The molecule has 0 radical (unpaired) electrons. The zero-order valence-corrected chi connectivity index (χ0v) is 31.5. The molecule has 6 rings (SSSR count). The lowest BCUT2D eigenvalue weighted by Crippen LogP contribution is -2.09. The van der Waals surface area contributed by atoms with Crippen molar-refractivity contribution in [3.63, 3.8) is 0 Å². The van der Waals surface area contributed by atoms with Crippen LogP contribution in [-0.4, -0.2) is 38.7 Å². The van der Waals surface area contributed by atoms with Gasteiger partial charge in [-0.2, -0.15) is 10.2 Å². The first kappa shape index (κ1) is 36.6. The number of rotatable bonds is 14. The first-order valence-electron chi connectivity index (χ1n) is 18.5. The van der Waals surface area contributed by atoms with E-state index < -0.39 is 0 Å². The fourth-order valence-corrected chi connectivity index (χ4v) is 6.85. The maximum Gasteiger partial charge on any atom is 0.0952 e. The van der Waals surface area contributed by atoms with Gasteiger partial charge >= 0.3 is 0 Å². The minimum Gasteiger partial charge on any atom is -0.333 e. The van der Waals surface area contributed by atoms with Gasteiger partial charge in [-0.3, -0.25) is 9.36 Å².